The first kappa shape index (κ1) is 42.9. The molecule has 0 saturated heterocycles. The van der Waals surface area contributed by atoms with E-state index in [1.807, 2.05) is 12.2 Å². The molecule has 2 aromatic rings. The fourth-order valence-corrected chi connectivity index (χ4v) is 6.04. The molecule has 0 aliphatic heterocycles. The fraction of sp³-hybridized carbons (Fsp3) is 0.487. The van der Waals surface area contributed by atoms with Crippen molar-refractivity contribution >= 4 is 12.3 Å². The van der Waals surface area contributed by atoms with Crippen molar-refractivity contribution in [2.75, 3.05) is 26.8 Å². The van der Waals surface area contributed by atoms with Gasteiger partial charge in [-0.2, -0.15) is 26.3 Å². The molecule has 0 bridgehead atoms. The molecule has 3 rings (SSSR count). The maximum atomic E-state index is 13.9. The molecule has 0 fully saturated rings. The summed E-state index contributed by atoms with van der Waals surface area (Å²) in [4.78, 5) is 38.2. The highest BCUT2D eigenvalue weighted by Gasteiger charge is 2.74. The minimum absolute atomic E-state index is 0.00335. The SMILES string of the molecule is CCCc1cc(C(N=O)(C(F)(F)F)C(F)(F)F)cc(CCC)c1OCCCCN(C=O)C(=O)C(C)(NC)c1ccc(OCC2=CC=C(C)CC=C2)cc1. The van der Waals surface area contributed by atoms with E-state index in [2.05, 4.69) is 24.4 Å². The molecule has 1 unspecified atom stereocenters. The topological polar surface area (TPSA) is 97.3 Å². The van der Waals surface area contributed by atoms with Gasteiger partial charge in [-0.05, 0) is 105 Å². The van der Waals surface area contributed by atoms with Crippen molar-refractivity contribution in [3.63, 3.8) is 0 Å². The number of hydrogen-bond donors (Lipinski definition) is 1. The molecule has 8 nitrogen and oxygen atoms in total. The second-order valence-corrected chi connectivity index (χ2v) is 13.1. The Kier molecular flexibility index (Phi) is 15.0. The van der Waals surface area contributed by atoms with Gasteiger partial charge in [0.2, 0.25) is 6.41 Å². The van der Waals surface area contributed by atoms with E-state index in [4.69, 9.17) is 9.47 Å². The van der Waals surface area contributed by atoms with Gasteiger partial charge >= 0.3 is 17.9 Å². The Labute approximate surface area is 306 Å². The van der Waals surface area contributed by atoms with Crippen LogP contribution in [0.1, 0.15) is 82.1 Å². The molecule has 2 aromatic carbocycles. The average molecular weight is 752 g/mol. The van der Waals surface area contributed by atoms with Crippen molar-refractivity contribution in [3.05, 3.63) is 99.0 Å². The summed E-state index contributed by atoms with van der Waals surface area (Å²) >= 11 is 0. The van der Waals surface area contributed by atoms with E-state index in [0.29, 0.717) is 62.1 Å². The zero-order chi connectivity index (χ0) is 39.5. The Morgan fingerprint density at radius 1 is 0.925 bits per heavy atom. The number of imide groups is 1. The third kappa shape index (κ3) is 9.95. The summed E-state index contributed by atoms with van der Waals surface area (Å²) in [5.41, 5.74) is -4.48. The fourth-order valence-electron chi connectivity index (χ4n) is 6.04. The number of hydrogen-bond acceptors (Lipinski definition) is 7. The van der Waals surface area contributed by atoms with Crippen LogP contribution in [-0.2, 0) is 33.5 Å². The summed E-state index contributed by atoms with van der Waals surface area (Å²) < 4.78 is 95.5. The molecule has 0 radical (unpaired) electrons. The van der Waals surface area contributed by atoms with Gasteiger partial charge in [-0.1, -0.05) is 68.7 Å². The molecule has 1 N–H and O–H groups in total. The molecule has 0 spiro atoms. The maximum Gasteiger partial charge on any atom is 0.430 e. The van der Waals surface area contributed by atoms with E-state index in [0.717, 1.165) is 16.9 Å². The molecule has 2 amide bonds. The number of alkyl halides is 6. The lowest BCUT2D eigenvalue weighted by molar-refractivity contribution is -0.301. The average Bonchev–Trinajstić information content (AvgIpc) is 3.32. The number of ether oxygens (including phenoxy) is 2. The van der Waals surface area contributed by atoms with Gasteiger partial charge in [-0.15, -0.1) is 4.91 Å². The lowest BCUT2D eigenvalue weighted by Crippen LogP contribution is -2.52. The van der Waals surface area contributed by atoms with E-state index in [1.54, 1.807) is 57.3 Å². The minimum Gasteiger partial charge on any atom is -0.493 e. The summed E-state index contributed by atoms with van der Waals surface area (Å²) in [5.74, 6) is 0.244. The van der Waals surface area contributed by atoms with Crippen LogP contribution in [0.15, 0.2) is 77.0 Å². The number of aryl methyl sites for hydroxylation is 2. The zero-order valence-electron chi connectivity index (χ0n) is 30.6. The number of carbonyl (C=O) groups is 2. The highest BCUT2D eigenvalue weighted by molar-refractivity contribution is 5.94. The summed E-state index contributed by atoms with van der Waals surface area (Å²) in [5, 5.41) is 4.66. The zero-order valence-corrected chi connectivity index (χ0v) is 30.6. The lowest BCUT2D eigenvalue weighted by Gasteiger charge is -2.32. The van der Waals surface area contributed by atoms with E-state index >= 15 is 0 Å². The molecule has 14 heteroatoms. The number of unbranched alkanes of at least 4 members (excludes halogenated alkanes) is 1. The third-order valence-electron chi connectivity index (χ3n) is 9.20. The predicted octanol–water partition coefficient (Wildman–Crippen LogP) is 9.17. The van der Waals surface area contributed by atoms with Crippen molar-refractivity contribution in [2.24, 2.45) is 5.18 Å². The quantitative estimate of drug-likeness (QED) is 0.0666. The largest absolute Gasteiger partial charge is 0.493 e. The van der Waals surface area contributed by atoms with Crippen LogP contribution >= 0.6 is 0 Å². The predicted molar refractivity (Wildman–Crippen MR) is 190 cm³/mol. The van der Waals surface area contributed by atoms with Crippen LogP contribution in [0, 0.1) is 4.91 Å². The second kappa shape index (κ2) is 18.5. The third-order valence-corrected chi connectivity index (χ3v) is 9.20. The van der Waals surface area contributed by atoms with Gasteiger partial charge in [0.25, 0.3) is 5.91 Å². The Hall–Kier alpha value is -4.46. The highest BCUT2D eigenvalue weighted by atomic mass is 19.4. The van der Waals surface area contributed by atoms with Crippen LogP contribution in [0.4, 0.5) is 26.3 Å². The Bertz CT molecular complexity index is 1630. The summed E-state index contributed by atoms with van der Waals surface area (Å²) in [6.45, 7) is 7.50. The molecule has 1 aliphatic carbocycles. The van der Waals surface area contributed by atoms with Crippen LogP contribution < -0.4 is 14.8 Å². The van der Waals surface area contributed by atoms with Gasteiger partial charge in [0.15, 0.2) is 0 Å². The molecule has 0 heterocycles. The molecule has 1 atom stereocenters. The molecule has 290 valence electrons. The number of carbonyl (C=O) groups excluding carboxylic acids is 2. The molecule has 53 heavy (non-hydrogen) atoms. The monoisotopic (exact) mass is 751 g/mol. The maximum absolute atomic E-state index is 13.9. The van der Waals surface area contributed by atoms with E-state index < -0.39 is 34.9 Å². The van der Waals surface area contributed by atoms with Gasteiger partial charge in [0.05, 0.1) is 6.61 Å². The molecular formula is C39H47F6N3O5. The molecular weight excluding hydrogens is 704 g/mol. The number of amides is 2. The Morgan fingerprint density at radius 2 is 1.53 bits per heavy atom. The van der Waals surface area contributed by atoms with Gasteiger partial charge in [0, 0.05) is 12.1 Å². The van der Waals surface area contributed by atoms with Gasteiger partial charge in [-0.25, -0.2) is 0 Å². The van der Waals surface area contributed by atoms with Crippen molar-refractivity contribution in [3.8, 4) is 11.5 Å². The van der Waals surface area contributed by atoms with Crippen molar-refractivity contribution in [1.29, 1.82) is 0 Å². The van der Waals surface area contributed by atoms with Crippen molar-refractivity contribution in [2.45, 2.75) is 96.1 Å². The van der Waals surface area contributed by atoms with Crippen LogP contribution in [-0.4, -0.2) is 56.4 Å². The highest BCUT2D eigenvalue weighted by Crippen LogP contribution is 2.54. The van der Waals surface area contributed by atoms with Gasteiger partial charge < -0.3 is 14.8 Å². The minimum atomic E-state index is -6.03. The lowest BCUT2D eigenvalue weighted by atomic mass is 9.85. The summed E-state index contributed by atoms with van der Waals surface area (Å²) in [6.07, 6.45) is -1.11. The van der Waals surface area contributed by atoms with E-state index in [-0.39, 0.29) is 42.9 Å². The number of rotatable bonds is 19. The van der Waals surface area contributed by atoms with E-state index in [1.165, 1.54) is 5.57 Å². The number of allylic oxidation sites excluding steroid dienone is 4. The first-order chi connectivity index (χ1) is 25.0. The van der Waals surface area contributed by atoms with E-state index in [9.17, 15) is 40.8 Å². The Morgan fingerprint density at radius 3 is 2.04 bits per heavy atom. The summed E-state index contributed by atoms with van der Waals surface area (Å²) in [7, 11) is 1.60. The van der Waals surface area contributed by atoms with Crippen LogP contribution in [0.5, 0.6) is 11.5 Å². The normalized spacial score (nSPS) is 14.8. The standard InChI is InChI=1S/C39H47F6N3O5/c1-6-11-29-23-32(37(47-51,38(40,41)42)39(43,44)45)24-30(12-7-2)34(29)52-22-9-8-21-48(26-49)35(50)36(4,46-5)31-17-19-33(20-18-31)53-25-28-14-10-13-27(3)15-16-28/h10,14-20,23-24,26,46H,6-9,11-13,21-22,25H2,1-5H3. The number of nitrogens with zero attached hydrogens (tertiary/aromatic N) is 2. The number of nitroso groups, excluding NO2 is 1. The number of likely N-dealkylation sites (N-methyl/N-ethyl adjacent to an activating group) is 1. The second-order valence-electron chi connectivity index (χ2n) is 13.1. The van der Waals surface area contributed by atoms with Gasteiger partial charge in [0.1, 0.15) is 23.6 Å². The number of nitrogens with one attached hydrogen (secondary N) is 1. The first-order valence-electron chi connectivity index (χ1n) is 17.5. The van der Waals surface area contributed by atoms with Crippen molar-refractivity contribution in [1.82, 2.24) is 10.2 Å². The van der Waals surface area contributed by atoms with Gasteiger partial charge in [-0.3, -0.25) is 14.5 Å². The van der Waals surface area contributed by atoms with Crippen molar-refractivity contribution < 1.29 is 45.4 Å². The first-order valence-corrected chi connectivity index (χ1v) is 17.5. The smallest absolute Gasteiger partial charge is 0.430 e. The number of halogens is 6. The number of benzene rings is 2. The Balaban J connectivity index is 1.71. The van der Waals surface area contributed by atoms with Crippen LogP contribution in [0.2, 0.25) is 0 Å². The molecule has 0 aromatic heterocycles. The molecule has 1 aliphatic rings. The molecule has 0 saturated carbocycles. The van der Waals surface area contributed by atoms with Crippen LogP contribution in [0.25, 0.3) is 0 Å². The van der Waals surface area contributed by atoms with Crippen LogP contribution in [0.3, 0.4) is 0 Å². The summed E-state index contributed by atoms with van der Waals surface area (Å²) in [6, 6.07) is 8.39.